The predicted octanol–water partition coefficient (Wildman–Crippen LogP) is 4.80. The smallest absolute Gasteiger partial charge is 0.242 e. The second-order valence-electron chi connectivity index (χ2n) is 8.89. The number of carbonyl (C=O) groups is 2. The van der Waals surface area contributed by atoms with Gasteiger partial charge in [0, 0.05) is 23.6 Å². The first kappa shape index (κ1) is 23.3. The van der Waals surface area contributed by atoms with Crippen LogP contribution in [0.4, 0.5) is 0 Å². The Morgan fingerprint density at radius 3 is 2.00 bits per heavy atom. The molecule has 1 atom stereocenters. The topological polar surface area (TPSA) is 74.0 Å². The molecule has 0 bridgehead atoms. The number of hydrogen-bond acceptors (Lipinski definition) is 2. The van der Waals surface area contributed by atoms with Gasteiger partial charge in [0.05, 0.1) is 5.92 Å². The van der Waals surface area contributed by atoms with Gasteiger partial charge in [-0.05, 0) is 35.1 Å². The Morgan fingerprint density at radius 1 is 0.794 bits per heavy atom. The molecule has 1 heterocycles. The molecule has 5 nitrogen and oxygen atoms in total. The fraction of sp³-hybridized carbons (Fsp3) is 0.241. The molecule has 3 aromatic carbocycles. The number of benzene rings is 3. The minimum atomic E-state index is -0.620. The van der Waals surface area contributed by atoms with E-state index in [2.05, 4.69) is 21.7 Å². The molecule has 174 valence electrons. The second kappa shape index (κ2) is 10.8. The van der Waals surface area contributed by atoms with E-state index in [0.29, 0.717) is 13.0 Å². The van der Waals surface area contributed by atoms with Crippen LogP contribution in [0.25, 0.3) is 10.9 Å². The second-order valence-corrected chi connectivity index (χ2v) is 8.89. The lowest BCUT2D eigenvalue weighted by Gasteiger charge is -2.25. The third kappa shape index (κ3) is 5.37. The van der Waals surface area contributed by atoms with Crippen LogP contribution in [0, 0.1) is 5.92 Å². The van der Waals surface area contributed by atoms with Gasteiger partial charge in [-0.1, -0.05) is 92.7 Å². The molecular weight excluding hydrogens is 422 g/mol. The van der Waals surface area contributed by atoms with E-state index in [1.54, 1.807) is 0 Å². The van der Waals surface area contributed by atoms with Crippen LogP contribution >= 0.6 is 0 Å². The van der Waals surface area contributed by atoms with Crippen molar-refractivity contribution in [2.75, 3.05) is 6.54 Å². The van der Waals surface area contributed by atoms with Crippen LogP contribution in [0.2, 0.25) is 0 Å². The van der Waals surface area contributed by atoms with Crippen molar-refractivity contribution in [2.45, 2.75) is 32.2 Å². The van der Waals surface area contributed by atoms with Crippen LogP contribution in [0.15, 0.2) is 91.1 Å². The molecule has 4 aromatic rings. The van der Waals surface area contributed by atoms with Crippen molar-refractivity contribution >= 4 is 22.7 Å². The Labute approximate surface area is 200 Å². The van der Waals surface area contributed by atoms with E-state index in [-0.39, 0.29) is 17.7 Å². The van der Waals surface area contributed by atoms with Gasteiger partial charge >= 0.3 is 0 Å². The van der Waals surface area contributed by atoms with Gasteiger partial charge in [-0.15, -0.1) is 0 Å². The van der Waals surface area contributed by atoms with Gasteiger partial charge in [0.25, 0.3) is 0 Å². The number of rotatable bonds is 9. The summed E-state index contributed by atoms with van der Waals surface area (Å²) in [5.74, 6) is -0.877. The molecule has 0 saturated heterocycles. The third-order valence-electron chi connectivity index (χ3n) is 6.14. The van der Waals surface area contributed by atoms with Gasteiger partial charge in [0.15, 0.2) is 0 Å². The number of aromatic amines is 1. The summed E-state index contributed by atoms with van der Waals surface area (Å²) in [4.78, 5) is 29.8. The molecule has 4 rings (SSSR count). The molecule has 5 heteroatoms. The first-order valence-electron chi connectivity index (χ1n) is 11.8. The summed E-state index contributed by atoms with van der Waals surface area (Å²) in [5.41, 5.74) is 4.04. The average Bonchev–Trinajstić information content (AvgIpc) is 3.27. The van der Waals surface area contributed by atoms with E-state index in [1.807, 2.05) is 98.9 Å². The molecule has 34 heavy (non-hydrogen) atoms. The van der Waals surface area contributed by atoms with Gasteiger partial charge in [-0.2, -0.15) is 0 Å². The van der Waals surface area contributed by atoms with Crippen molar-refractivity contribution < 1.29 is 9.59 Å². The highest BCUT2D eigenvalue weighted by Crippen LogP contribution is 2.25. The van der Waals surface area contributed by atoms with Gasteiger partial charge in [-0.3, -0.25) is 9.59 Å². The third-order valence-corrected chi connectivity index (χ3v) is 6.14. The van der Waals surface area contributed by atoms with Crippen molar-refractivity contribution in [1.82, 2.24) is 15.6 Å². The van der Waals surface area contributed by atoms with Crippen LogP contribution in [0.1, 0.15) is 36.5 Å². The van der Waals surface area contributed by atoms with E-state index in [1.165, 1.54) is 5.39 Å². The zero-order valence-electron chi connectivity index (χ0n) is 19.6. The minimum Gasteiger partial charge on any atom is -0.361 e. The quantitative estimate of drug-likeness (QED) is 0.341. The highest BCUT2D eigenvalue weighted by Gasteiger charge is 2.29. The molecule has 0 radical (unpaired) electrons. The van der Waals surface area contributed by atoms with Crippen molar-refractivity contribution in [1.29, 1.82) is 0 Å². The fourth-order valence-corrected chi connectivity index (χ4v) is 4.33. The SMILES string of the molecule is CC(C)[C@H](NC(=O)C(c1ccccc1)c1ccccc1)C(=O)NCCc1c[nH]c2ccccc12. The standard InChI is InChI=1S/C29H31N3O2/c1-20(2)27(29(34)30-18-17-23-19-31-25-16-10-9-15-24(23)25)32-28(33)26(21-11-5-3-6-12-21)22-13-7-4-8-14-22/h3-16,19-20,26-27,31H,17-18H2,1-2H3,(H,30,34)(H,32,33)/t27-/m0/s1. The average molecular weight is 454 g/mol. The van der Waals surface area contributed by atoms with Crippen LogP contribution in [0.5, 0.6) is 0 Å². The molecule has 3 N–H and O–H groups in total. The number of para-hydroxylation sites is 1. The number of amides is 2. The van der Waals surface area contributed by atoms with Gasteiger partial charge in [0.1, 0.15) is 6.04 Å². The molecule has 1 aromatic heterocycles. The molecule has 0 aliphatic heterocycles. The number of H-pyrrole nitrogens is 1. The normalized spacial score (nSPS) is 12.1. The molecule has 0 unspecified atom stereocenters. The maximum absolute atomic E-state index is 13.5. The van der Waals surface area contributed by atoms with Crippen molar-refractivity contribution in [2.24, 2.45) is 5.92 Å². The molecule has 0 fully saturated rings. The Morgan fingerprint density at radius 2 is 1.38 bits per heavy atom. The number of aromatic nitrogens is 1. The Kier molecular flexibility index (Phi) is 7.43. The minimum absolute atomic E-state index is 0.0516. The first-order valence-corrected chi connectivity index (χ1v) is 11.8. The van der Waals surface area contributed by atoms with E-state index < -0.39 is 12.0 Å². The summed E-state index contributed by atoms with van der Waals surface area (Å²) in [5, 5.41) is 7.22. The predicted molar refractivity (Wildman–Crippen MR) is 137 cm³/mol. The molecular formula is C29H31N3O2. The van der Waals surface area contributed by atoms with E-state index >= 15 is 0 Å². The van der Waals surface area contributed by atoms with E-state index in [0.717, 1.165) is 22.2 Å². The Hall–Kier alpha value is -3.86. The lowest BCUT2D eigenvalue weighted by Crippen LogP contribution is -2.51. The largest absolute Gasteiger partial charge is 0.361 e. The fourth-order valence-electron chi connectivity index (χ4n) is 4.33. The lowest BCUT2D eigenvalue weighted by atomic mass is 9.89. The summed E-state index contributed by atoms with van der Waals surface area (Å²) < 4.78 is 0. The van der Waals surface area contributed by atoms with E-state index in [4.69, 9.17) is 0 Å². The highest BCUT2D eigenvalue weighted by molar-refractivity contribution is 5.92. The molecule has 0 aliphatic rings. The van der Waals surface area contributed by atoms with Gasteiger partial charge in [0.2, 0.25) is 11.8 Å². The van der Waals surface area contributed by atoms with Crippen molar-refractivity contribution in [3.05, 3.63) is 108 Å². The molecule has 0 spiro atoms. The van der Waals surface area contributed by atoms with Crippen LogP contribution < -0.4 is 10.6 Å². The van der Waals surface area contributed by atoms with Crippen molar-refractivity contribution in [3.63, 3.8) is 0 Å². The van der Waals surface area contributed by atoms with Crippen LogP contribution in [0.3, 0.4) is 0 Å². The number of nitrogens with one attached hydrogen (secondary N) is 3. The Bertz CT molecular complexity index is 1190. The summed E-state index contributed by atoms with van der Waals surface area (Å²) in [7, 11) is 0. The van der Waals surface area contributed by atoms with Gasteiger partial charge < -0.3 is 15.6 Å². The molecule has 0 aliphatic carbocycles. The van der Waals surface area contributed by atoms with Crippen LogP contribution in [-0.2, 0) is 16.0 Å². The van der Waals surface area contributed by atoms with Crippen LogP contribution in [-0.4, -0.2) is 29.4 Å². The number of carbonyl (C=O) groups excluding carboxylic acids is 2. The maximum atomic E-state index is 13.5. The maximum Gasteiger partial charge on any atom is 0.242 e. The summed E-state index contributed by atoms with van der Waals surface area (Å²) >= 11 is 0. The summed E-state index contributed by atoms with van der Waals surface area (Å²) in [6, 6.07) is 26.9. The van der Waals surface area contributed by atoms with E-state index in [9.17, 15) is 9.59 Å². The number of hydrogen-bond donors (Lipinski definition) is 3. The van der Waals surface area contributed by atoms with Gasteiger partial charge in [-0.25, -0.2) is 0 Å². The van der Waals surface area contributed by atoms with Crippen molar-refractivity contribution in [3.8, 4) is 0 Å². The lowest BCUT2D eigenvalue weighted by molar-refractivity contribution is -0.130. The Balaban J connectivity index is 1.44. The zero-order valence-corrected chi connectivity index (χ0v) is 19.6. The monoisotopic (exact) mass is 453 g/mol. The summed E-state index contributed by atoms with van der Waals surface area (Å²) in [6.07, 6.45) is 2.70. The molecule has 2 amide bonds. The zero-order chi connectivity index (χ0) is 23.9. The molecule has 0 saturated carbocycles. The first-order chi connectivity index (χ1) is 16.5. The highest BCUT2D eigenvalue weighted by atomic mass is 16.2. The number of fused-ring (bicyclic) bond motifs is 1. The summed E-state index contributed by atoms with van der Waals surface area (Å²) in [6.45, 7) is 4.40.